The van der Waals surface area contributed by atoms with Crippen molar-refractivity contribution < 1.29 is 4.79 Å². The van der Waals surface area contributed by atoms with E-state index in [1.165, 1.54) is 22.7 Å². The Labute approximate surface area is 198 Å². The largest absolute Gasteiger partial charge is 0.343 e. The second kappa shape index (κ2) is 9.19. The fourth-order valence-electron chi connectivity index (χ4n) is 4.29. The van der Waals surface area contributed by atoms with Crippen LogP contribution in [0.4, 0.5) is 15.6 Å². The Bertz CT molecular complexity index is 1260. The lowest BCUT2D eigenvalue weighted by atomic mass is 10.1. The Morgan fingerprint density at radius 3 is 2.67 bits per heavy atom. The van der Waals surface area contributed by atoms with E-state index in [1.807, 2.05) is 35.2 Å². The zero-order valence-corrected chi connectivity index (χ0v) is 19.7. The van der Waals surface area contributed by atoms with E-state index in [1.54, 1.807) is 0 Å². The highest BCUT2D eigenvalue weighted by molar-refractivity contribution is 7.09. The summed E-state index contributed by atoms with van der Waals surface area (Å²) >= 11 is 1.44. The summed E-state index contributed by atoms with van der Waals surface area (Å²) in [5, 5.41) is 6.21. The topological polar surface area (TPSA) is 61.4 Å². The minimum absolute atomic E-state index is 0.0594. The van der Waals surface area contributed by atoms with E-state index >= 15 is 0 Å². The molecule has 1 unspecified atom stereocenters. The summed E-state index contributed by atoms with van der Waals surface area (Å²) < 4.78 is 4.57. The summed E-state index contributed by atoms with van der Waals surface area (Å²) in [5.74, 6) is 0.850. The number of hydrogen-bond donors (Lipinski definition) is 1. The highest BCUT2D eigenvalue weighted by atomic mass is 32.1. The molecule has 1 fully saturated rings. The van der Waals surface area contributed by atoms with Crippen LogP contribution in [0, 0.1) is 6.92 Å². The molecule has 33 heavy (non-hydrogen) atoms. The highest BCUT2D eigenvalue weighted by Gasteiger charge is 2.29. The number of carbonyl (C=O) groups is 1. The van der Waals surface area contributed by atoms with Crippen LogP contribution in [-0.2, 0) is 6.42 Å². The molecule has 0 bridgehead atoms. The quantitative estimate of drug-likeness (QED) is 0.450. The van der Waals surface area contributed by atoms with Crippen LogP contribution in [-0.4, -0.2) is 46.0 Å². The maximum atomic E-state index is 13.1. The first kappa shape index (κ1) is 21.4. The van der Waals surface area contributed by atoms with E-state index in [9.17, 15) is 4.79 Å². The zero-order valence-electron chi connectivity index (χ0n) is 18.9. The van der Waals surface area contributed by atoms with Gasteiger partial charge in [0.1, 0.15) is 5.82 Å². The van der Waals surface area contributed by atoms with Gasteiger partial charge in [0, 0.05) is 49.0 Å². The zero-order chi connectivity index (χ0) is 22.8. The third kappa shape index (κ3) is 4.68. The molecule has 0 aliphatic carbocycles. The number of nitrogens with one attached hydrogen (secondary N) is 1. The molecule has 2 heterocycles. The van der Waals surface area contributed by atoms with Crippen LogP contribution >= 0.6 is 11.5 Å². The van der Waals surface area contributed by atoms with Gasteiger partial charge in [-0.3, -0.25) is 0 Å². The van der Waals surface area contributed by atoms with E-state index in [0.29, 0.717) is 6.54 Å². The van der Waals surface area contributed by atoms with Gasteiger partial charge >= 0.3 is 6.03 Å². The summed E-state index contributed by atoms with van der Waals surface area (Å²) in [7, 11) is 0. The van der Waals surface area contributed by atoms with Crippen molar-refractivity contribution in [2.45, 2.75) is 26.3 Å². The van der Waals surface area contributed by atoms with Crippen LogP contribution in [0.2, 0.25) is 0 Å². The second-order valence-corrected chi connectivity index (χ2v) is 9.33. The summed E-state index contributed by atoms with van der Waals surface area (Å²) in [4.78, 5) is 22.0. The first-order chi connectivity index (χ1) is 16.1. The lowest BCUT2D eigenvalue weighted by Crippen LogP contribution is -2.55. The number of amides is 2. The van der Waals surface area contributed by atoms with Crippen molar-refractivity contribution in [3.63, 3.8) is 0 Å². The number of piperazine rings is 1. The van der Waals surface area contributed by atoms with Crippen molar-refractivity contribution in [1.29, 1.82) is 0 Å². The van der Waals surface area contributed by atoms with Crippen LogP contribution in [0.5, 0.6) is 0 Å². The highest BCUT2D eigenvalue weighted by Crippen LogP contribution is 2.25. The second-order valence-electron chi connectivity index (χ2n) is 8.60. The van der Waals surface area contributed by atoms with Crippen LogP contribution in [0.25, 0.3) is 10.8 Å². The molecule has 1 aliphatic rings. The van der Waals surface area contributed by atoms with Gasteiger partial charge in [0.05, 0.1) is 5.69 Å². The Kier molecular flexibility index (Phi) is 5.96. The SMILES string of the molecule is Cc1ccc(Cc2nsc(N3CCN(C(=O)Nc4cccc5ccccc45)C(C)C3)n2)cc1. The number of aryl methyl sites for hydroxylation is 1. The molecule has 6 nitrogen and oxygen atoms in total. The predicted octanol–water partition coefficient (Wildman–Crippen LogP) is 5.33. The van der Waals surface area contributed by atoms with Crippen molar-refractivity contribution in [1.82, 2.24) is 14.3 Å². The van der Waals surface area contributed by atoms with Crippen molar-refractivity contribution in [2.75, 3.05) is 29.9 Å². The van der Waals surface area contributed by atoms with Gasteiger partial charge in [0.15, 0.2) is 0 Å². The number of fused-ring (bicyclic) bond motifs is 1. The molecule has 7 heteroatoms. The molecule has 1 aromatic heterocycles. The van der Waals surface area contributed by atoms with E-state index in [4.69, 9.17) is 4.98 Å². The summed E-state index contributed by atoms with van der Waals surface area (Å²) in [6, 6.07) is 22.6. The lowest BCUT2D eigenvalue weighted by molar-refractivity contribution is 0.185. The smallest absolute Gasteiger partial charge is 0.322 e. The van der Waals surface area contributed by atoms with Gasteiger partial charge < -0.3 is 15.1 Å². The Morgan fingerprint density at radius 2 is 1.85 bits per heavy atom. The molecule has 5 rings (SSSR count). The van der Waals surface area contributed by atoms with Crippen LogP contribution in [0.1, 0.15) is 23.9 Å². The van der Waals surface area contributed by atoms with E-state index in [2.05, 4.69) is 64.8 Å². The molecule has 0 saturated carbocycles. The first-order valence-corrected chi connectivity index (χ1v) is 12.0. The first-order valence-electron chi connectivity index (χ1n) is 11.3. The molecule has 4 aromatic rings. The molecular weight excluding hydrogens is 430 g/mol. The Hall–Kier alpha value is -3.45. The Morgan fingerprint density at radius 1 is 1.06 bits per heavy atom. The number of aromatic nitrogens is 2. The van der Waals surface area contributed by atoms with Crippen LogP contribution in [0.3, 0.4) is 0 Å². The van der Waals surface area contributed by atoms with Crippen molar-refractivity contribution >= 4 is 39.2 Å². The maximum absolute atomic E-state index is 13.1. The van der Waals surface area contributed by atoms with E-state index in [-0.39, 0.29) is 12.1 Å². The number of carbonyl (C=O) groups excluding carboxylic acids is 1. The van der Waals surface area contributed by atoms with Crippen LogP contribution < -0.4 is 10.2 Å². The van der Waals surface area contributed by atoms with Gasteiger partial charge in [-0.25, -0.2) is 9.78 Å². The van der Waals surface area contributed by atoms with E-state index in [0.717, 1.165) is 46.9 Å². The van der Waals surface area contributed by atoms with Gasteiger partial charge in [-0.05, 0) is 30.9 Å². The van der Waals surface area contributed by atoms with Crippen molar-refractivity contribution in [3.05, 3.63) is 83.7 Å². The van der Waals surface area contributed by atoms with Gasteiger partial charge in [0.25, 0.3) is 0 Å². The number of hydrogen-bond acceptors (Lipinski definition) is 5. The molecule has 2 amide bonds. The maximum Gasteiger partial charge on any atom is 0.322 e. The molecule has 0 radical (unpaired) electrons. The average molecular weight is 458 g/mol. The minimum Gasteiger partial charge on any atom is -0.343 e. The summed E-state index contributed by atoms with van der Waals surface area (Å²) in [5.41, 5.74) is 3.31. The minimum atomic E-state index is -0.0594. The normalized spacial score (nSPS) is 16.2. The molecule has 1 N–H and O–H groups in total. The van der Waals surface area contributed by atoms with Gasteiger partial charge in [-0.15, -0.1) is 0 Å². The van der Waals surface area contributed by atoms with Gasteiger partial charge in [-0.1, -0.05) is 66.2 Å². The molecule has 168 valence electrons. The Balaban J connectivity index is 1.22. The standard InChI is InChI=1S/C26H27N5OS/c1-18-10-12-20(13-11-18)16-24-28-26(33-29-24)30-14-15-31(19(2)17-30)25(32)27-23-9-5-7-21-6-3-4-8-22(21)23/h3-13,19H,14-17H2,1-2H3,(H,27,32). The fraction of sp³-hybridized carbons (Fsp3) is 0.269. The summed E-state index contributed by atoms with van der Waals surface area (Å²) in [6.07, 6.45) is 0.736. The molecule has 3 aromatic carbocycles. The lowest BCUT2D eigenvalue weighted by Gasteiger charge is -2.39. The number of anilines is 2. The third-order valence-electron chi connectivity index (χ3n) is 6.13. The molecular formula is C26H27N5OS. The van der Waals surface area contributed by atoms with Crippen molar-refractivity contribution in [2.24, 2.45) is 0 Å². The van der Waals surface area contributed by atoms with Crippen LogP contribution in [0.15, 0.2) is 66.7 Å². The molecule has 0 spiro atoms. The molecule has 1 aliphatic heterocycles. The van der Waals surface area contributed by atoms with Gasteiger partial charge in [-0.2, -0.15) is 4.37 Å². The average Bonchev–Trinajstić information content (AvgIpc) is 3.29. The number of nitrogens with zero attached hydrogens (tertiary/aromatic N) is 4. The predicted molar refractivity (Wildman–Crippen MR) is 135 cm³/mol. The number of benzene rings is 3. The third-order valence-corrected chi connectivity index (χ3v) is 6.95. The summed E-state index contributed by atoms with van der Waals surface area (Å²) in [6.45, 7) is 6.30. The monoisotopic (exact) mass is 457 g/mol. The fourth-order valence-corrected chi connectivity index (χ4v) is 5.01. The number of urea groups is 1. The molecule has 1 saturated heterocycles. The van der Waals surface area contributed by atoms with Gasteiger partial charge in [0.2, 0.25) is 5.13 Å². The van der Waals surface area contributed by atoms with Crippen molar-refractivity contribution in [3.8, 4) is 0 Å². The number of rotatable bonds is 4. The molecule has 1 atom stereocenters. The van der Waals surface area contributed by atoms with E-state index < -0.39 is 0 Å².